The Bertz CT molecular complexity index is 1760. The van der Waals surface area contributed by atoms with Crippen LogP contribution in [-0.4, -0.2) is 41.6 Å². The molecule has 4 aromatic rings. The number of carbonyl (C=O) groups excluding carboxylic acids is 3. The van der Waals surface area contributed by atoms with Gasteiger partial charge in [-0.25, -0.2) is 0 Å². The molecule has 3 aromatic carbocycles. The minimum absolute atomic E-state index is 0.165. The zero-order valence-electron chi connectivity index (χ0n) is 23.4. The average molecular weight is 580 g/mol. The van der Waals surface area contributed by atoms with Crippen LogP contribution in [0, 0.1) is 6.92 Å². The molecular formula is C33H33N5O3S. The van der Waals surface area contributed by atoms with Gasteiger partial charge in [0.25, 0.3) is 5.91 Å². The highest BCUT2D eigenvalue weighted by Crippen LogP contribution is 2.50. The number of thiophene rings is 1. The van der Waals surface area contributed by atoms with Crippen LogP contribution < -0.4 is 22.5 Å². The fourth-order valence-electron chi connectivity index (χ4n) is 6.36. The first-order valence-corrected chi connectivity index (χ1v) is 14.8. The van der Waals surface area contributed by atoms with Gasteiger partial charge in [-0.15, -0.1) is 11.3 Å². The van der Waals surface area contributed by atoms with Crippen LogP contribution in [0.5, 0.6) is 0 Å². The molecule has 214 valence electrons. The van der Waals surface area contributed by atoms with E-state index in [9.17, 15) is 14.4 Å². The maximum absolute atomic E-state index is 14.3. The molecule has 3 unspecified atom stereocenters. The van der Waals surface area contributed by atoms with Crippen LogP contribution in [0.3, 0.4) is 0 Å². The molecule has 3 atom stereocenters. The van der Waals surface area contributed by atoms with Gasteiger partial charge in [-0.3, -0.25) is 14.4 Å². The molecular weight excluding hydrogens is 546 g/mol. The molecule has 0 saturated carbocycles. The first-order chi connectivity index (χ1) is 20.1. The van der Waals surface area contributed by atoms with E-state index >= 15 is 0 Å². The second kappa shape index (κ2) is 10.5. The van der Waals surface area contributed by atoms with Crippen LogP contribution in [0.2, 0.25) is 0 Å². The van der Waals surface area contributed by atoms with Gasteiger partial charge in [0, 0.05) is 35.8 Å². The largest absolute Gasteiger partial charge is 0.398 e. The van der Waals surface area contributed by atoms with Crippen molar-refractivity contribution in [2.45, 2.75) is 37.4 Å². The van der Waals surface area contributed by atoms with Gasteiger partial charge in [-0.2, -0.15) is 0 Å². The van der Waals surface area contributed by atoms with Crippen molar-refractivity contribution in [1.29, 1.82) is 0 Å². The van der Waals surface area contributed by atoms with Gasteiger partial charge in [0.2, 0.25) is 5.91 Å². The molecule has 0 spiro atoms. The second-order valence-electron chi connectivity index (χ2n) is 11.1. The molecule has 42 heavy (non-hydrogen) atoms. The van der Waals surface area contributed by atoms with E-state index < -0.39 is 11.6 Å². The molecule has 1 fully saturated rings. The maximum Gasteiger partial charge on any atom is 0.262 e. The zero-order valence-corrected chi connectivity index (χ0v) is 24.2. The predicted molar refractivity (Wildman–Crippen MR) is 167 cm³/mol. The smallest absolute Gasteiger partial charge is 0.262 e. The third kappa shape index (κ3) is 4.32. The fraction of sp³-hybridized carbons (Fsp3) is 0.242. The SMILES string of the molecule is C=CC(=O)N1CCCC(NC(=O)c2sc3c(N)ccc4c3c2C(N)C(=O)C4(N)c2cc(-c3ccccc3)ccc2C)C1. The van der Waals surface area contributed by atoms with E-state index in [2.05, 4.69) is 11.9 Å². The molecule has 0 bridgehead atoms. The zero-order chi connectivity index (χ0) is 29.8. The van der Waals surface area contributed by atoms with Gasteiger partial charge in [0.05, 0.1) is 15.6 Å². The summed E-state index contributed by atoms with van der Waals surface area (Å²) in [6, 6.07) is 18.0. The van der Waals surface area contributed by atoms with E-state index in [1.165, 1.54) is 17.4 Å². The van der Waals surface area contributed by atoms with Crippen molar-refractivity contribution in [2.24, 2.45) is 11.5 Å². The van der Waals surface area contributed by atoms with Crippen molar-refractivity contribution in [2.75, 3.05) is 18.8 Å². The summed E-state index contributed by atoms with van der Waals surface area (Å²) in [5.41, 5.74) is 23.7. The minimum atomic E-state index is -1.54. The molecule has 1 aliphatic heterocycles. The van der Waals surface area contributed by atoms with Crippen LogP contribution in [0.1, 0.15) is 50.8 Å². The number of carbonyl (C=O) groups is 3. The molecule has 2 heterocycles. The molecule has 1 aliphatic carbocycles. The Balaban J connectivity index is 1.46. The van der Waals surface area contributed by atoms with E-state index in [-0.39, 0.29) is 23.6 Å². The number of nitrogens with one attached hydrogen (secondary N) is 1. The monoisotopic (exact) mass is 579 g/mol. The van der Waals surface area contributed by atoms with Gasteiger partial charge in [-0.1, -0.05) is 55.1 Å². The Kier molecular flexibility index (Phi) is 6.97. The summed E-state index contributed by atoms with van der Waals surface area (Å²) in [5.74, 6) is -0.895. The lowest BCUT2D eigenvalue weighted by atomic mass is 9.69. The standard InChI is InChI=1S/C33H33N5O3S/c1-3-25(39)38-15-7-10-21(17-38)37-32(41)30-27-26-22(13-14-24(34)29(26)42-30)33(36,31(40)28(27)35)23-16-20(12-11-18(23)2)19-8-5-4-6-9-19/h3-6,8-9,11-14,16,21,28H,1,7,10,15,17,34-36H2,2H3,(H,37,41). The number of hydrogen-bond donors (Lipinski definition) is 4. The average Bonchev–Trinajstić information content (AvgIpc) is 3.42. The van der Waals surface area contributed by atoms with Crippen molar-refractivity contribution in [1.82, 2.24) is 10.2 Å². The first-order valence-electron chi connectivity index (χ1n) is 14.0. The van der Waals surface area contributed by atoms with E-state index in [1.807, 2.05) is 55.5 Å². The van der Waals surface area contributed by atoms with E-state index in [0.717, 1.165) is 29.5 Å². The summed E-state index contributed by atoms with van der Waals surface area (Å²) < 4.78 is 0.675. The molecule has 1 aromatic heterocycles. The summed E-state index contributed by atoms with van der Waals surface area (Å²) >= 11 is 1.22. The molecule has 9 heteroatoms. The summed E-state index contributed by atoms with van der Waals surface area (Å²) in [6.45, 7) is 6.50. The highest BCUT2D eigenvalue weighted by atomic mass is 32.1. The van der Waals surface area contributed by atoms with E-state index in [1.54, 1.807) is 17.0 Å². The number of piperidine rings is 1. The van der Waals surface area contributed by atoms with Gasteiger partial charge < -0.3 is 27.4 Å². The Morgan fingerprint density at radius 2 is 1.86 bits per heavy atom. The number of nitrogens with two attached hydrogens (primary N) is 3. The number of Topliss-reactive ketones (excluding diaryl/α,β-unsaturated/α-hetero) is 1. The molecule has 1 saturated heterocycles. The third-order valence-corrected chi connectivity index (χ3v) is 9.79. The van der Waals surface area contributed by atoms with Crippen molar-refractivity contribution >= 4 is 44.7 Å². The Morgan fingerprint density at radius 3 is 2.60 bits per heavy atom. The van der Waals surface area contributed by atoms with Crippen molar-refractivity contribution < 1.29 is 14.4 Å². The van der Waals surface area contributed by atoms with Gasteiger partial charge >= 0.3 is 0 Å². The molecule has 6 rings (SSSR count). The minimum Gasteiger partial charge on any atom is -0.398 e. The summed E-state index contributed by atoms with van der Waals surface area (Å²) in [5, 5.41) is 3.73. The number of benzene rings is 3. The van der Waals surface area contributed by atoms with Gasteiger partial charge in [-0.05, 0) is 65.8 Å². The quantitative estimate of drug-likeness (QED) is 0.207. The van der Waals surface area contributed by atoms with Gasteiger partial charge in [0.1, 0.15) is 5.54 Å². The van der Waals surface area contributed by atoms with Crippen molar-refractivity contribution in [3.63, 3.8) is 0 Å². The summed E-state index contributed by atoms with van der Waals surface area (Å²) in [7, 11) is 0. The molecule has 2 aliphatic rings. The molecule has 0 radical (unpaired) electrons. The Morgan fingerprint density at radius 1 is 1.10 bits per heavy atom. The number of rotatable bonds is 5. The third-order valence-electron chi connectivity index (χ3n) is 8.53. The predicted octanol–water partition coefficient (Wildman–Crippen LogP) is 4.15. The van der Waals surface area contributed by atoms with E-state index in [4.69, 9.17) is 17.2 Å². The van der Waals surface area contributed by atoms with Crippen LogP contribution in [-0.2, 0) is 15.1 Å². The van der Waals surface area contributed by atoms with Gasteiger partial charge in [0.15, 0.2) is 5.78 Å². The molecule has 7 N–H and O–H groups in total. The van der Waals surface area contributed by atoms with Crippen LogP contribution in [0.15, 0.2) is 73.3 Å². The highest BCUT2D eigenvalue weighted by molar-refractivity contribution is 7.21. The number of nitrogen functional groups attached to an aromatic ring is 1. The number of hydrogen-bond acceptors (Lipinski definition) is 7. The number of aryl methyl sites for hydroxylation is 1. The number of amides is 2. The van der Waals surface area contributed by atoms with Crippen molar-refractivity contribution in [3.8, 4) is 11.1 Å². The second-order valence-corrected chi connectivity index (χ2v) is 12.1. The number of nitrogens with zero attached hydrogens (tertiary/aromatic N) is 1. The first kappa shape index (κ1) is 27.8. The van der Waals surface area contributed by atoms with E-state index in [0.29, 0.717) is 50.4 Å². The molecule has 8 nitrogen and oxygen atoms in total. The lowest BCUT2D eigenvalue weighted by Gasteiger charge is -2.37. The maximum atomic E-state index is 14.3. The van der Waals surface area contributed by atoms with Crippen LogP contribution >= 0.6 is 11.3 Å². The van der Waals surface area contributed by atoms with Crippen LogP contribution in [0.25, 0.3) is 21.2 Å². The number of anilines is 1. The molecule has 2 amide bonds. The highest BCUT2D eigenvalue weighted by Gasteiger charge is 2.49. The summed E-state index contributed by atoms with van der Waals surface area (Å²) in [4.78, 5) is 42.2. The van der Waals surface area contributed by atoms with Crippen molar-refractivity contribution in [3.05, 3.63) is 100 Å². The lowest BCUT2D eigenvalue weighted by Crippen LogP contribution is -2.53. The fourth-order valence-corrected chi connectivity index (χ4v) is 7.56. The lowest BCUT2D eigenvalue weighted by molar-refractivity contribution is -0.127. The van der Waals surface area contributed by atoms with Crippen LogP contribution in [0.4, 0.5) is 5.69 Å². The summed E-state index contributed by atoms with van der Waals surface area (Å²) in [6.07, 6.45) is 2.77. The number of ketones is 1. The normalized spacial score (nSPS) is 21.8. The Hall–Kier alpha value is -4.31. The number of likely N-dealkylation sites (tertiary alicyclic amines) is 1. The topological polar surface area (TPSA) is 145 Å². The Labute approximate surface area is 248 Å².